The predicted molar refractivity (Wildman–Crippen MR) is 82.7 cm³/mol. The highest BCUT2D eigenvalue weighted by molar-refractivity contribution is 8.00. The topological polar surface area (TPSA) is 30.0 Å². The van der Waals surface area contributed by atoms with E-state index in [-0.39, 0.29) is 11.0 Å². The molecule has 0 aliphatic heterocycles. The fourth-order valence-corrected chi connectivity index (χ4v) is 3.94. The largest absolute Gasteiger partial charge is 0.292 e. The number of carbonyl (C=O) groups excluding carboxylic acids is 1. The van der Waals surface area contributed by atoms with Gasteiger partial charge in [-0.1, -0.05) is 23.4 Å². The summed E-state index contributed by atoms with van der Waals surface area (Å²) in [7, 11) is 0. The van der Waals surface area contributed by atoms with Crippen LogP contribution in [0.1, 0.15) is 27.9 Å². The fraction of sp³-hybridized carbons (Fsp3) is 0.286. The van der Waals surface area contributed by atoms with Crippen molar-refractivity contribution in [3.05, 3.63) is 44.7 Å². The smallest absolute Gasteiger partial charge is 0.185 e. The van der Waals surface area contributed by atoms with Gasteiger partial charge in [-0.2, -0.15) is 0 Å². The summed E-state index contributed by atoms with van der Waals surface area (Å²) in [5.41, 5.74) is 2.13. The lowest BCUT2D eigenvalue weighted by Crippen LogP contribution is -2.12. The van der Waals surface area contributed by atoms with Crippen molar-refractivity contribution in [1.82, 2.24) is 4.98 Å². The number of thioether (sulfide) groups is 1. The number of aryl methyl sites for hydroxylation is 2. The molecule has 0 aliphatic rings. The Bertz CT molecular complexity index is 589. The van der Waals surface area contributed by atoms with E-state index < -0.39 is 0 Å². The molecule has 2 aromatic rings. The average molecular weight is 312 g/mol. The molecule has 0 amide bonds. The van der Waals surface area contributed by atoms with Gasteiger partial charge in [0.05, 0.1) is 19.5 Å². The normalized spacial score (nSPS) is 12.4. The van der Waals surface area contributed by atoms with Gasteiger partial charge in [0.15, 0.2) is 5.78 Å². The second kappa shape index (κ2) is 6.07. The fourth-order valence-electron chi connectivity index (χ4n) is 1.75. The van der Waals surface area contributed by atoms with Crippen LogP contribution in [-0.2, 0) is 0 Å². The monoisotopic (exact) mass is 311 g/mol. The number of halogens is 1. The Balaban J connectivity index is 2.12. The van der Waals surface area contributed by atoms with Crippen molar-refractivity contribution in [3.63, 3.8) is 0 Å². The van der Waals surface area contributed by atoms with Gasteiger partial charge in [0.2, 0.25) is 0 Å². The Morgan fingerprint density at radius 3 is 2.68 bits per heavy atom. The lowest BCUT2D eigenvalue weighted by molar-refractivity contribution is 0.0998. The molecule has 1 unspecified atom stereocenters. The number of rotatable bonds is 4. The predicted octanol–water partition coefficient (Wildman–Crippen LogP) is 4.78. The zero-order chi connectivity index (χ0) is 14.0. The molecule has 19 heavy (non-hydrogen) atoms. The van der Waals surface area contributed by atoms with E-state index in [0.29, 0.717) is 9.21 Å². The quantitative estimate of drug-likeness (QED) is 0.601. The molecule has 0 saturated heterocycles. The van der Waals surface area contributed by atoms with Gasteiger partial charge in [-0.15, -0.1) is 11.3 Å². The number of pyridine rings is 1. The van der Waals surface area contributed by atoms with Crippen molar-refractivity contribution in [3.8, 4) is 0 Å². The van der Waals surface area contributed by atoms with E-state index in [4.69, 9.17) is 11.6 Å². The summed E-state index contributed by atoms with van der Waals surface area (Å²) in [6.07, 6.45) is 0. The molecule has 100 valence electrons. The van der Waals surface area contributed by atoms with Crippen LogP contribution in [0.5, 0.6) is 0 Å². The third-order valence-electron chi connectivity index (χ3n) is 2.56. The third kappa shape index (κ3) is 3.81. The Morgan fingerprint density at radius 2 is 2.11 bits per heavy atom. The van der Waals surface area contributed by atoms with E-state index in [1.54, 1.807) is 12.1 Å². The lowest BCUT2D eigenvalue weighted by atomic mass is 10.2. The van der Waals surface area contributed by atoms with Crippen molar-refractivity contribution in [2.75, 3.05) is 0 Å². The van der Waals surface area contributed by atoms with Crippen LogP contribution < -0.4 is 0 Å². The van der Waals surface area contributed by atoms with Gasteiger partial charge in [-0.25, -0.2) is 4.98 Å². The number of aromatic nitrogens is 1. The number of carbonyl (C=O) groups is 1. The van der Waals surface area contributed by atoms with Gasteiger partial charge in [0, 0.05) is 5.69 Å². The van der Waals surface area contributed by atoms with Crippen LogP contribution in [0.15, 0.2) is 29.3 Å². The highest BCUT2D eigenvalue weighted by atomic mass is 35.5. The van der Waals surface area contributed by atoms with Crippen LogP contribution in [0.3, 0.4) is 0 Å². The molecule has 0 spiro atoms. The molecule has 2 aromatic heterocycles. The minimum atomic E-state index is -0.164. The molecule has 0 saturated carbocycles. The molecule has 0 aliphatic carbocycles. The van der Waals surface area contributed by atoms with Crippen molar-refractivity contribution in [2.24, 2.45) is 0 Å². The summed E-state index contributed by atoms with van der Waals surface area (Å²) in [4.78, 5) is 17.4. The summed E-state index contributed by atoms with van der Waals surface area (Å²) in [5.74, 6) is 0.0999. The number of hydrogen-bond acceptors (Lipinski definition) is 4. The SMILES string of the molecule is Cc1cc(C)nc(SC(C)C(=O)c2ccc(Cl)s2)c1. The zero-order valence-electron chi connectivity index (χ0n) is 10.9. The molecule has 1 atom stereocenters. The lowest BCUT2D eigenvalue weighted by Gasteiger charge is -2.09. The van der Waals surface area contributed by atoms with Crippen LogP contribution in [0.4, 0.5) is 0 Å². The first-order valence-electron chi connectivity index (χ1n) is 5.87. The Morgan fingerprint density at radius 1 is 1.37 bits per heavy atom. The van der Waals surface area contributed by atoms with Gasteiger partial charge in [0.25, 0.3) is 0 Å². The van der Waals surface area contributed by atoms with Gasteiger partial charge >= 0.3 is 0 Å². The number of Topliss-reactive ketones (excluding diaryl/α,β-unsaturated/α-hetero) is 1. The van der Waals surface area contributed by atoms with Crippen LogP contribution in [0.2, 0.25) is 4.34 Å². The van der Waals surface area contributed by atoms with Crippen molar-refractivity contribution in [2.45, 2.75) is 31.0 Å². The van der Waals surface area contributed by atoms with Crippen molar-refractivity contribution < 1.29 is 4.79 Å². The number of ketones is 1. The first-order chi connectivity index (χ1) is 8.95. The van der Waals surface area contributed by atoms with E-state index in [0.717, 1.165) is 16.3 Å². The number of nitrogens with zero attached hydrogens (tertiary/aromatic N) is 1. The van der Waals surface area contributed by atoms with Crippen molar-refractivity contribution >= 4 is 40.5 Å². The van der Waals surface area contributed by atoms with Gasteiger partial charge in [-0.3, -0.25) is 4.79 Å². The molecule has 5 heteroatoms. The van der Waals surface area contributed by atoms with Gasteiger partial charge in [-0.05, 0) is 50.6 Å². The Kier molecular flexibility index (Phi) is 4.66. The first-order valence-corrected chi connectivity index (χ1v) is 7.94. The summed E-state index contributed by atoms with van der Waals surface area (Å²) in [6, 6.07) is 7.56. The standard InChI is InChI=1S/C14H14ClNOS2/c1-8-6-9(2)16-13(7-8)18-10(3)14(17)11-4-5-12(15)19-11/h4-7,10H,1-3H3. The Labute approximate surface area is 126 Å². The van der Waals surface area contributed by atoms with E-state index in [9.17, 15) is 4.79 Å². The van der Waals surface area contributed by atoms with Crippen LogP contribution in [-0.4, -0.2) is 16.0 Å². The van der Waals surface area contributed by atoms with Crippen LogP contribution in [0, 0.1) is 13.8 Å². The molecule has 0 bridgehead atoms. The summed E-state index contributed by atoms with van der Waals surface area (Å²) in [6.45, 7) is 5.90. The average Bonchev–Trinajstić information content (AvgIpc) is 2.73. The third-order valence-corrected chi connectivity index (χ3v) is 4.82. The van der Waals surface area contributed by atoms with E-state index >= 15 is 0 Å². The van der Waals surface area contributed by atoms with Gasteiger partial charge in [0.1, 0.15) is 0 Å². The molecule has 2 rings (SSSR count). The molecule has 2 nitrogen and oxygen atoms in total. The number of hydrogen-bond donors (Lipinski definition) is 0. The van der Waals surface area contributed by atoms with E-state index in [2.05, 4.69) is 4.98 Å². The van der Waals surface area contributed by atoms with Gasteiger partial charge < -0.3 is 0 Å². The zero-order valence-corrected chi connectivity index (χ0v) is 13.3. The minimum Gasteiger partial charge on any atom is -0.292 e. The maximum atomic E-state index is 12.2. The molecular formula is C14H14ClNOS2. The second-order valence-electron chi connectivity index (χ2n) is 4.35. The highest BCUT2D eigenvalue weighted by Gasteiger charge is 2.19. The first kappa shape index (κ1) is 14.6. The highest BCUT2D eigenvalue weighted by Crippen LogP contribution is 2.29. The molecule has 0 radical (unpaired) electrons. The number of thiophene rings is 1. The molecule has 0 aromatic carbocycles. The minimum absolute atomic E-state index is 0.0999. The van der Waals surface area contributed by atoms with E-state index in [1.165, 1.54) is 23.1 Å². The molecular weight excluding hydrogens is 298 g/mol. The van der Waals surface area contributed by atoms with Crippen LogP contribution >= 0.6 is 34.7 Å². The maximum absolute atomic E-state index is 12.2. The van der Waals surface area contributed by atoms with Crippen LogP contribution in [0.25, 0.3) is 0 Å². The second-order valence-corrected chi connectivity index (χ2v) is 7.43. The summed E-state index contributed by atoms with van der Waals surface area (Å²) < 4.78 is 0.644. The molecule has 0 N–H and O–H groups in total. The van der Waals surface area contributed by atoms with E-state index in [1.807, 2.05) is 32.9 Å². The summed E-state index contributed by atoms with van der Waals surface area (Å²) >= 11 is 8.67. The van der Waals surface area contributed by atoms with Crippen molar-refractivity contribution in [1.29, 1.82) is 0 Å². The molecule has 2 heterocycles. The maximum Gasteiger partial charge on any atom is 0.185 e. The Hall–Kier alpha value is -0.840. The summed E-state index contributed by atoms with van der Waals surface area (Å²) in [5, 5.41) is 0.726. The molecule has 0 fully saturated rings.